The Labute approximate surface area is 154 Å². The number of amides is 1. The van der Waals surface area contributed by atoms with Gasteiger partial charge in [0.2, 0.25) is 0 Å². The van der Waals surface area contributed by atoms with Crippen LogP contribution in [0.5, 0.6) is 0 Å². The Morgan fingerprint density at radius 2 is 2.12 bits per heavy atom. The van der Waals surface area contributed by atoms with Crippen LogP contribution < -0.4 is 5.32 Å². The fourth-order valence-corrected chi connectivity index (χ4v) is 3.63. The molecule has 0 saturated carbocycles. The van der Waals surface area contributed by atoms with Gasteiger partial charge < -0.3 is 19.0 Å². The summed E-state index contributed by atoms with van der Waals surface area (Å²) >= 11 is 3.36. The Kier molecular flexibility index (Phi) is 4.63. The molecule has 1 amide bonds. The number of carbonyl (C=O) groups excluding carboxylic acids is 1. The van der Waals surface area contributed by atoms with Gasteiger partial charge in [-0.2, -0.15) is 0 Å². The number of rotatable bonds is 5. The van der Waals surface area contributed by atoms with Crippen LogP contribution >= 0.6 is 15.9 Å². The largest absolute Gasteiger partial charge is 0.448 e. The number of nitrogens with zero attached hydrogens (tertiary/aromatic N) is 1. The van der Waals surface area contributed by atoms with Crippen LogP contribution in [0.2, 0.25) is 0 Å². The molecule has 1 fully saturated rings. The standard InChI is InChI=1S/C19H19BrN2O3/c20-18-10-15-17(25-18)9-16(19(23)21-11-14-7-4-8-24-14)22(15)12-13-5-2-1-3-6-13/h1-3,5-6,9-10,14H,4,7-8,11-12H2,(H,21,23). The van der Waals surface area contributed by atoms with Crippen molar-refractivity contribution in [3.8, 4) is 0 Å². The Morgan fingerprint density at radius 3 is 2.88 bits per heavy atom. The minimum Gasteiger partial charge on any atom is -0.448 e. The van der Waals surface area contributed by atoms with E-state index in [1.54, 1.807) is 6.07 Å². The average Bonchev–Trinajstić information content (AvgIpc) is 3.32. The zero-order chi connectivity index (χ0) is 17.2. The van der Waals surface area contributed by atoms with Crippen molar-refractivity contribution in [1.82, 2.24) is 9.88 Å². The molecular weight excluding hydrogens is 384 g/mol. The van der Waals surface area contributed by atoms with Gasteiger partial charge in [0.15, 0.2) is 10.3 Å². The molecule has 1 aromatic carbocycles. The van der Waals surface area contributed by atoms with Crippen molar-refractivity contribution in [3.63, 3.8) is 0 Å². The summed E-state index contributed by atoms with van der Waals surface area (Å²) in [5.74, 6) is -0.103. The third-order valence-corrected chi connectivity index (χ3v) is 4.88. The number of hydrogen-bond donors (Lipinski definition) is 1. The molecule has 3 aromatic rings. The predicted octanol–water partition coefficient (Wildman–Crippen LogP) is 3.95. The minimum absolute atomic E-state index is 0.103. The van der Waals surface area contributed by atoms with E-state index >= 15 is 0 Å². The molecule has 1 saturated heterocycles. The quantitative estimate of drug-likeness (QED) is 0.702. The Morgan fingerprint density at radius 1 is 1.28 bits per heavy atom. The molecule has 2 aromatic heterocycles. The second-order valence-electron chi connectivity index (χ2n) is 6.25. The maximum atomic E-state index is 12.7. The molecule has 1 unspecified atom stereocenters. The molecular formula is C19H19BrN2O3. The lowest BCUT2D eigenvalue weighted by Gasteiger charge is -2.13. The summed E-state index contributed by atoms with van der Waals surface area (Å²) in [6.45, 7) is 1.94. The maximum Gasteiger partial charge on any atom is 0.268 e. The van der Waals surface area contributed by atoms with Gasteiger partial charge in [0, 0.05) is 31.8 Å². The maximum absolute atomic E-state index is 12.7. The van der Waals surface area contributed by atoms with Gasteiger partial charge in [-0.15, -0.1) is 0 Å². The van der Waals surface area contributed by atoms with Crippen LogP contribution in [0.25, 0.3) is 11.1 Å². The zero-order valence-electron chi connectivity index (χ0n) is 13.7. The van der Waals surface area contributed by atoms with Gasteiger partial charge in [0.25, 0.3) is 5.91 Å². The Hall–Kier alpha value is -2.05. The number of fused-ring (bicyclic) bond motifs is 1. The highest BCUT2D eigenvalue weighted by Gasteiger charge is 2.21. The van der Waals surface area contributed by atoms with Crippen LogP contribution in [0.15, 0.2) is 51.6 Å². The van der Waals surface area contributed by atoms with Crippen molar-refractivity contribution < 1.29 is 13.9 Å². The summed E-state index contributed by atoms with van der Waals surface area (Å²) in [5, 5.41) is 2.99. The molecule has 5 nitrogen and oxygen atoms in total. The van der Waals surface area contributed by atoms with Crippen molar-refractivity contribution in [2.45, 2.75) is 25.5 Å². The number of halogens is 1. The number of benzene rings is 1. The van der Waals surface area contributed by atoms with Crippen molar-refractivity contribution in [3.05, 3.63) is 58.4 Å². The number of carbonyl (C=O) groups is 1. The third-order valence-electron chi connectivity index (χ3n) is 4.49. The molecule has 0 radical (unpaired) electrons. The summed E-state index contributed by atoms with van der Waals surface area (Å²) in [7, 11) is 0. The molecule has 1 N–H and O–H groups in total. The van der Waals surface area contributed by atoms with Gasteiger partial charge in [0.05, 0.1) is 11.6 Å². The van der Waals surface area contributed by atoms with Crippen LogP contribution in [-0.2, 0) is 11.3 Å². The number of hydrogen-bond acceptors (Lipinski definition) is 3. The van der Waals surface area contributed by atoms with E-state index in [9.17, 15) is 4.79 Å². The first-order chi connectivity index (χ1) is 12.2. The van der Waals surface area contributed by atoms with Crippen LogP contribution in [-0.4, -0.2) is 29.7 Å². The van der Waals surface area contributed by atoms with E-state index < -0.39 is 0 Å². The second kappa shape index (κ2) is 7.06. The Balaban J connectivity index is 1.61. The van der Waals surface area contributed by atoms with E-state index in [2.05, 4.69) is 33.4 Å². The molecule has 1 atom stereocenters. The summed E-state index contributed by atoms with van der Waals surface area (Å²) in [6.07, 6.45) is 2.19. The normalized spacial score (nSPS) is 17.2. The lowest BCUT2D eigenvalue weighted by Crippen LogP contribution is -2.33. The van der Waals surface area contributed by atoms with Gasteiger partial charge >= 0.3 is 0 Å². The molecule has 0 aliphatic carbocycles. The van der Waals surface area contributed by atoms with Crippen molar-refractivity contribution in [2.24, 2.45) is 0 Å². The molecule has 1 aliphatic heterocycles. The first-order valence-electron chi connectivity index (χ1n) is 8.43. The topological polar surface area (TPSA) is 56.4 Å². The summed E-state index contributed by atoms with van der Waals surface area (Å²) in [6, 6.07) is 13.8. The van der Waals surface area contributed by atoms with Crippen molar-refractivity contribution >= 4 is 32.9 Å². The van der Waals surface area contributed by atoms with E-state index in [1.165, 1.54) is 0 Å². The van der Waals surface area contributed by atoms with Crippen molar-refractivity contribution in [2.75, 3.05) is 13.2 Å². The molecule has 4 rings (SSSR count). The fourth-order valence-electron chi connectivity index (χ4n) is 3.24. The van der Waals surface area contributed by atoms with Gasteiger partial charge in [-0.05, 0) is 34.3 Å². The van der Waals surface area contributed by atoms with Crippen LogP contribution in [0.3, 0.4) is 0 Å². The molecule has 25 heavy (non-hydrogen) atoms. The van der Waals surface area contributed by atoms with Gasteiger partial charge in [-0.25, -0.2) is 0 Å². The highest BCUT2D eigenvalue weighted by molar-refractivity contribution is 9.10. The van der Waals surface area contributed by atoms with Crippen molar-refractivity contribution in [1.29, 1.82) is 0 Å². The van der Waals surface area contributed by atoms with Gasteiger partial charge in [-0.1, -0.05) is 30.3 Å². The molecule has 0 spiro atoms. The fraction of sp³-hybridized carbons (Fsp3) is 0.316. The van der Waals surface area contributed by atoms with E-state index in [0.29, 0.717) is 29.0 Å². The number of furan rings is 1. The zero-order valence-corrected chi connectivity index (χ0v) is 15.3. The second-order valence-corrected chi connectivity index (χ2v) is 7.03. The van der Waals surface area contributed by atoms with Gasteiger partial charge in [-0.3, -0.25) is 4.79 Å². The highest BCUT2D eigenvalue weighted by atomic mass is 79.9. The molecule has 130 valence electrons. The van der Waals surface area contributed by atoms with E-state index in [4.69, 9.17) is 9.15 Å². The first-order valence-corrected chi connectivity index (χ1v) is 9.22. The predicted molar refractivity (Wildman–Crippen MR) is 98.8 cm³/mol. The minimum atomic E-state index is -0.103. The summed E-state index contributed by atoms with van der Waals surface area (Å²) in [5.41, 5.74) is 3.33. The van der Waals surface area contributed by atoms with Crippen LogP contribution in [0.1, 0.15) is 28.9 Å². The smallest absolute Gasteiger partial charge is 0.268 e. The highest BCUT2D eigenvalue weighted by Crippen LogP contribution is 2.28. The summed E-state index contributed by atoms with van der Waals surface area (Å²) in [4.78, 5) is 12.7. The molecule has 3 heterocycles. The molecule has 6 heteroatoms. The average molecular weight is 403 g/mol. The molecule has 1 aliphatic rings. The van der Waals surface area contributed by atoms with Crippen LogP contribution in [0.4, 0.5) is 0 Å². The summed E-state index contributed by atoms with van der Waals surface area (Å²) < 4.78 is 13.9. The van der Waals surface area contributed by atoms with Crippen LogP contribution in [0, 0.1) is 0 Å². The van der Waals surface area contributed by atoms with Gasteiger partial charge in [0.1, 0.15) is 5.69 Å². The molecule has 0 bridgehead atoms. The Bertz CT molecular complexity index is 879. The van der Waals surface area contributed by atoms with E-state index in [0.717, 1.165) is 30.5 Å². The number of aromatic nitrogens is 1. The monoisotopic (exact) mass is 402 g/mol. The number of nitrogens with one attached hydrogen (secondary N) is 1. The first kappa shape index (κ1) is 16.4. The lowest BCUT2D eigenvalue weighted by molar-refractivity contribution is 0.0851. The lowest BCUT2D eigenvalue weighted by atomic mass is 10.2. The van der Waals surface area contributed by atoms with E-state index in [-0.39, 0.29) is 12.0 Å². The SMILES string of the molecule is O=C(NCC1CCCO1)c1cc2oc(Br)cc2n1Cc1ccccc1. The van der Waals surface area contributed by atoms with E-state index in [1.807, 2.05) is 28.8 Å². The third kappa shape index (κ3) is 3.50. The number of ether oxygens (including phenoxy) is 1.